The first-order valence-electron chi connectivity index (χ1n) is 9.11. The maximum atomic E-state index is 13.1. The molecule has 0 spiro atoms. The lowest BCUT2D eigenvalue weighted by Gasteiger charge is -2.06. The molecule has 1 aromatic heterocycles. The van der Waals surface area contributed by atoms with E-state index >= 15 is 0 Å². The van der Waals surface area contributed by atoms with Gasteiger partial charge in [-0.2, -0.15) is 5.10 Å². The summed E-state index contributed by atoms with van der Waals surface area (Å²) < 4.78 is 25.0. The van der Waals surface area contributed by atoms with Gasteiger partial charge in [0.15, 0.2) is 11.5 Å². The second-order valence-electron chi connectivity index (χ2n) is 6.52. The minimum atomic E-state index is -0.570. The smallest absolute Gasteiger partial charge is 0.269 e. The van der Waals surface area contributed by atoms with Crippen LogP contribution in [0.1, 0.15) is 21.6 Å². The molecule has 4 rings (SSSR count). The van der Waals surface area contributed by atoms with Gasteiger partial charge in [0.05, 0.1) is 11.4 Å². The third-order valence-electron chi connectivity index (χ3n) is 4.45. The molecule has 0 bridgehead atoms. The van der Waals surface area contributed by atoms with Crippen molar-refractivity contribution < 1.29 is 23.5 Å². The summed E-state index contributed by atoms with van der Waals surface area (Å²) in [7, 11) is 0. The molecule has 2 N–H and O–H groups in total. The van der Waals surface area contributed by atoms with Crippen molar-refractivity contribution in [3.63, 3.8) is 0 Å². The van der Waals surface area contributed by atoms with Crippen molar-refractivity contribution in [3.8, 4) is 17.2 Å². The van der Waals surface area contributed by atoms with Gasteiger partial charge < -0.3 is 9.47 Å². The Labute approximate surface area is 181 Å². The van der Waals surface area contributed by atoms with E-state index in [-0.39, 0.29) is 17.8 Å². The number of ether oxygens (including phenoxy) is 2. The van der Waals surface area contributed by atoms with E-state index in [0.29, 0.717) is 34.0 Å². The molecule has 2 aromatic carbocycles. The summed E-state index contributed by atoms with van der Waals surface area (Å²) in [6.07, 6.45) is 2.69. The van der Waals surface area contributed by atoms with Crippen molar-refractivity contribution in [2.75, 3.05) is 6.79 Å². The molecule has 3 aromatic rings. The molecule has 0 radical (unpaired) electrons. The van der Waals surface area contributed by atoms with E-state index < -0.39 is 11.8 Å². The number of nitrogens with one attached hydrogen (secondary N) is 2. The molecule has 0 atom stereocenters. The minimum absolute atomic E-state index is 0.0989. The van der Waals surface area contributed by atoms with Crippen LogP contribution < -0.4 is 20.3 Å². The fourth-order valence-electron chi connectivity index (χ4n) is 2.88. The highest BCUT2D eigenvalue weighted by Crippen LogP contribution is 2.32. The minimum Gasteiger partial charge on any atom is -0.454 e. The van der Waals surface area contributed by atoms with E-state index in [1.165, 1.54) is 35.0 Å². The Morgan fingerprint density at radius 3 is 2.65 bits per heavy atom. The molecule has 0 aliphatic carbocycles. The summed E-state index contributed by atoms with van der Waals surface area (Å²) in [6.45, 7) is 1.83. The molecule has 31 heavy (non-hydrogen) atoms. The number of amides is 2. The highest BCUT2D eigenvalue weighted by Gasteiger charge is 2.17. The number of benzene rings is 2. The van der Waals surface area contributed by atoms with Gasteiger partial charge in [0.1, 0.15) is 11.0 Å². The Bertz CT molecular complexity index is 1190. The zero-order valence-corrected chi connectivity index (χ0v) is 16.9. The Morgan fingerprint density at radius 1 is 1.13 bits per heavy atom. The number of rotatable bonds is 4. The van der Waals surface area contributed by atoms with Crippen LogP contribution in [0.25, 0.3) is 11.8 Å². The molecule has 2 heterocycles. The fraction of sp³-hybridized carbons (Fsp3) is 0.0952. The van der Waals surface area contributed by atoms with Gasteiger partial charge in [-0.05, 0) is 55.5 Å². The third kappa shape index (κ3) is 4.36. The van der Waals surface area contributed by atoms with Crippen molar-refractivity contribution in [3.05, 3.63) is 76.3 Å². The number of aryl methyl sites for hydroxylation is 1. The van der Waals surface area contributed by atoms with Crippen LogP contribution in [0.4, 0.5) is 4.39 Å². The third-order valence-corrected chi connectivity index (χ3v) is 4.82. The second-order valence-corrected chi connectivity index (χ2v) is 6.88. The van der Waals surface area contributed by atoms with Gasteiger partial charge in [-0.15, -0.1) is 0 Å². The number of halogens is 2. The average Bonchev–Trinajstić information content (AvgIpc) is 3.34. The molecule has 10 heteroatoms. The van der Waals surface area contributed by atoms with Gasteiger partial charge in [0.2, 0.25) is 6.79 Å². The number of hydrogen-bond acceptors (Lipinski definition) is 5. The lowest BCUT2D eigenvalue weighted by Crippen LogP contribution is -2.40. The molecular formula is C21H16ClFN4O4. The van der Waals surface area contributed by atoms with Crippen molar-refractivity contribution in [2.45, 2.75) is 6.92 Å². The van der Waals surface area contributed by atoms with Crippen molar-refractivity contribution in [1.82, 2.24) is 20.6 Å². The lowest BCUT2D eigenvalue weighted by atomic mass is 10.2. The predicted molar refractivity (Wildman–Crippen MR) is 110 cm³/mol. The number of nitrogens with zero attached hydrogens (tertiary/aromatic N) is 2. The molecule has 158 valence electrons. The van der Waals surface area contributed by atoms with Gasteiger partial charge in [-0.25, -0.2) is 9.07 Å². The largest absolute Gasteiger partial charge is 0.454 e. The van der Waals surface area contributed by atoms with E-state index in [9.17, 15) is 14.0 Å². The van der Waals surface area contributed by atoms with Crippen molar-refractivity contribution >= 4 is 29.5 Å². The van der Waals surface area contributed by atoms with Crippen LogP contribution in [0.5, 0.6) is 11.5 Å². The summed E-state index contributed by atoms with van der Waals surface area (Å²) in [5.74, 6) is -0.445. The summed E-state index contributed by atoms with van der Waals surface area (Å²) in [4.78, 5) is 24.3. The lowest BCUT2D eigenvalue weighted by molar-refractivity contribution is -0.117. The van der Waals surface area contributed by atoms with Gasteiger partial charge in [-0.3, -0.25) is 20.4 Å². The topological polar surface area (TPSA) is 94.5 Å². The highest BCUT2D eigenvalue weighted by atomic mass is 35.5. The van der Waals surface area contributed by atoms with Crippen molar-refractivity contribution in [1.29, 1.82) is 0 Å². The molecule has 0 fully saturated rings. The van der Waals surface area contributed by atoms with E-state index in [2.05, 4.69) is 16.0 Å². The molecule has 0 saturated carbocycles. The van der Waals surface area contributed by atoms with Crippen LogP contribution in [0, 0.1) is 12.7 Å². The number of fused-ring (bicyclic) bond motifs is 1. The van der Waals surface area contributed by atoms with Crippen LogP contribution in [-0.2, 0) is 4.79 Å². The van der Waals surface area contributed by atoms with E-state index in [4.69, 9.17) is 21.1 Å². The maximum Gasteiger partial charge on any atom is 0.269 e. The molecule has 0 unspecified atom stereocenters. The van der Waals surface area contributed by atoms with Crippen LogP contribution in [0.15, 0.2) is 48.5 Å². The van der Waals surface area contributed by atoms with Gasteiger partial charge >= 0.3 is 0 Å². The summed E-state index contributed by atoms with van der Waals surface area (Å²) in [5, 5.41) is 4.58. The Hall–Kier alpha value is -3.85. The Kier molecular flexibility index (Phi) is 5.59. The van der Waals surface area contributed by atoms with Crippen molar-refractivity contribution in [2.24, 2.45) is 0 Å². The summed E-state index contributed by atoms with van der Waals surface area (Å²) >= 11 is 6.37. The van der Waals surface area contributed by atoms with E-state index in [1.54, 1.807) is 31.2 Å². The van der Waals surface area contributed by atoms with E-state index in [1.807, 2.05) is 0 Å². The normalized spacial score (nSPS) is 12.2. The van der Waals surface area contributed by atoms with Gasteiger partial charge in [-0.1, -0.05) is 11.6 Å². The van der Waals surface area contributed by atoms with E-state index in [0.717, 1.165) is 0 Å². The molecule has 1 aliphatic rings. The maximum absolute atomic E-state index is 13.1. The predicted octanol–water partition coefficient (Wildman–Crippen LogP) is 3.18. The fourth-order valence-corrected chi connectivity index (χ4v) is 3.22. The van der Waals surface area contributed by atoms with Gasteiger partial charge in [0.25, 0.3) is 11.8 Å². The SMILES string of the molecule is Cc1nn(-c2ccc(F)cc2)c(Cl)c1C=CC(=O)NNC(=O)c1ccc2c(c1)OCO2. The molecule has 0 saturated heterocycles. The number of hydrogen-bond donors (Lipinski definition) is 2. The second kappa shape index (κ2) is 8.49. The molecule has 8 nitrogen and oxygen atoms in total. The molecule has 2 amide bonds. The number of carbonyl (C=O) groups is 2. The molecular weight excluding hydrogens is 427 g/mol. The quantitative estimate of drug-likeness (QED) is 0.478. The average molecular weight is 443 g/mol. The first-order chi connectivity index (χ1) is 14.9. The van der Waals surface area contributed by atoms with Crippen LogP contribution in [0.2, 0.25) is 5.15 Å². The monoisotopic (exact) mass is 442 g/mol. The number of aromatic nitrogens is 2. The Morgan fingerprint density at radius 2 is 1.87 bits per heavy atom. The van der Waals surface area contributed by atoms with Crippen LogP contribution >= 0.6 is 11.6 Å². The first-order valence-corrected chi connectivity index (χ1v) is 9.49. The first kappa shape index (κ1) is 20.4. The zero-order valence-electron chi connectivity index (χ0n) is 16.2. The Balaban J connectivity index is 1.40. The van der Waals surface area contributed by atoms with Crippen LogP contribution in [-0.4, -0.2) is 28.4 Å². The molecule has 1 aliphatic heterocycles. The van der Waals surface area contributed by atoms with Gasteiger partial charge in [0, 0.05) is 17.2 Å². The number of hydrazine groups is 1. The summed E-state index contributed by atoms with van der Waals surface area (Å²) in [6, 6.07) is 10.4. The highest BCUT2D eigenvalue weighted by molar-refractivity contribution is 6.31. The summed E-state index contributed by atoms with van der Waals surface area (Å²) in [5.41, 5.74) is 6.58. The standard InChI is InChI=1S/C21H16ClFN4O4/c1-12-16(20(22)27(26-12)15-5-3-14(23)4-6-15)7-9-19(28)24-25-21(29)13-2-8-17-18(10-13)31-11-30-17/h2-10H,11H2,1H3,(H,24,28)(H,25,29). The van der Waals surface area contributed by atoms with Crippen LogP contribution in [0.3, 0.4) is 0 Å². The zero-order chi connectivity index (χ0) is 22.0. The number of carbonyl (C=O) groups excluding carboxylic acids is 2.